The second kappa shape index (κ2) is 8.56. The molecule has 0 radical (unpaired) electrons. The molecule has 1 aromatic heterocycles. The fraction of sp³-hybridized carbons (Fsp3) is 0.471. The van der Waals surface area contributed by atoms with E-state index in [0.717, 1.165) is 18.4 Å². The molecule has 0 aliphatic carbocycles. The van der Waals surface area contributed by atoms with Gasteiger partial charge in [-0.05, 0) is 24.5 Å². The van der Waals surface area contributed by atoms with Crippen LogP contribution in [0.4, 0.5) is 0 Å². The van der Waals surface area contributed by atoms with Gasteiger partial charge in [-0.3, -0.25) is 9.69 Å². The van der Waals surface area contributed by atoms with Crippen LogP contribution in [0.5, 0.6) is 0 Å². The number of aromatic nitrogens is 2. The van der Waals surface area contributed by atoms with Gasteiger partial charge in [0.2, 0.25) is 11.8 Å². The molecule has 0 aliphatic heterocycles. The van der Waals surface area contributed by atoms with E-state index in [1.54, 1.807) is 0 Å². The van der Waals surface area contributed by atoms with Crippen LogP contribution in [0, 0.1) is 0 Å². The third-order valence-electron chi connectivity index (χ3n) is 3.94. The topological polar surface area (TPSA) is 111 Å². The van der Waals surface area contributed by atoms with Gasteiger partial charge < -0.3 is 16.0 Å². The third-order valence-corrected chi connectivity index (χ3v) is 3.94. The Morgan fingerprint density at radius 1 is 1.33 bits per heavy atom. The summed E-state index contributed by atoms with van der Waals surface area (Å²) in [6, 6.07) is 8.42. The lowest BCUT2D eigenvalue weighted by molar-refractivity contribution is -0.119. The molecule has 7 nitrogen and oxygen atoms in total. The highest BCUT2D eigenvalue weighted by Crippen LogP contribution is 2.22. The number of hydrogen-bond acceptors (Lipinski definition) is 6. The molecule has 1 aromatic carbocycles. The van der Waals surface area contributed by atoms with E-state index in [2.05, 4.69) is 41.3 Å². The van der Waals surface area contributed by atoms with Gasteiger partial charge in [-0.2, -0.15) is 4.98 Å². The van der Waals surface area contributed by atoms with E-state index in [-0.39, 0.29) is 19.1 Å². The Hall–Kier alpha value is -2.25. The lowest BCUT2D eigenvalue weighted by atomic mass is 10.0. The van der Waals surface area contributed by atoms with Crippen molar-refractivity contribution in [3.63, 3.8) is 0 Å². The third kappa shape index (κ3) is 4.87. The lowest BCUT2D eigenvalue weighted by Crippen LogP contribution is -2.35. The van der Waals surface area contributed by atoms with Crippen molar-refractivity contribution in [2.45, 2.75) is 45.8 Å². The van der Waals surface area contributed by atoms with Crippen LogP contribution in [0.2, 0.25) is 0 Å². The lowest BCUT2D eigenvalue weighted by Gasteiger charge is -2.27. The van der Waals surface area contributed by atoms with Crippen LogP contribution in [0.25, 0.3) is 0 Å². The van der Waals surface area contributed by atoms with Gasteiger partial charge in [0.05, 0.1) is 19.6 Å². The van der Waals surface area contributed by atoms with Crippen molar-refractivity contribution >= 4 is 5.91 Å². The second-order valence-corrected chi connectivity index (χ2v) is 5.85. The maximum absolute atomic E-state index is 11.4. The minimum atomic E-state index is -0.396. The summed E-state index contributed by atoms with van der Waals surface area (Å²) in [5.41, 5.74) is 13.3. The molecule has 0 saturated heterocycles. The number of aryl methyl sites for hydroxylation is 1. The number of carbonyl (C=O) groups excluding carboxylic acids is 1. The molecule has 0 spiro atoms. The van der Waals surface area contributed by atoms with Gasteiger partial charge in [-0.15, -0.1) is 0 Å². The summed E-state index contributed by atoms with van der Waals surface area (Å²) < 4.78 is 5.02. The number of primary amides is 1. The summed E-state index contributed by atoms with van der Waals surface area (Å²) in [6.45, 7) is 4.86. The quantitative estimate of drug-likeness (QED) is 0.721. The number of amides is 1. The van der Waals surface area contributed by atoms with Crippen LogP contribution >= 0.6 is 0 Å². The summed E-state index contributed by atoms with van der Waals surface area (Å²) in [5, 5.41) is 3.89. The van der Waals surface area contributed by atoms with Gasteiger partial charge >= 0.3 is 0 Å². The molecule has 1 heterocycles. The van der Waals surface area contributed by atoms with Gasteiger partial charge in [0.1, 0.15) is 0 Å². The molecule has 2 aromatic rings. The maximum atomic E-state index is 11.4. The molecule has 0 bridgehead atoms. The Balaban J connectivity index is 2.14. The van der Waals surface area contributed by atoms with Crippen molar-refractivity contribution in [3.8, 4) is 0 Å². The summed E-state index contributed by atoms with van der Waals surface area (Å²) in [6.07, 6.45) is 2.17. The average Bonchev–Trinajstić information content (AvgIpc) is 3.02. The minimum absolute atomic E-state index is 0.00648. The fourth-order valence-electron chi connectivity index (χ4n) is 2.61. The zero-order valence-corrected chi connectivity index (χ0v) is 14.2. The van der Waals surface area contributed by atoms with Crippen molar-refractivity contribution < 1.29 is 9.32 Å². The largest absolute Gasteiger partial charge is 0.369 e. The molecule has 0 aliphatic rings. The Labute approximate surface area is 142 Å². The molecule has 2 rings (SSSR count). The van der Waals surface area contributed by atoms with Crippen LogP contribution in [0.1, 0.15) is 49.2 Å². The first-order valence-corrected chi connectivity index (χ1v) is 8.16. The smallest absolute Gasteiger partial charge is 0.240 e. The molecule has 7 heteroatoms. The fourth-order valence-corrected chi connectivity index (χ4v) is 2.61. The van der Waals surface area contributed by atoms with E-state index in [9.17, 15) is 4.79 Å². The summed E-state index contributed by atoms with van der Waals surface area (Å²) in [7, 11) is 0. The Morgan fingerprint density at radius 2 is 2.04 bits per heavy atom. The van der Waals surface area contributed by atoms with Gasteiger partial charge in [0.25, 0.3) is 0 Å². The van der Waals surface area contributed by atoms with Crippen LogP contribution in [-0.4, -0.2) is 27.5 Å². The highest BCUT2D eigenvalue weighted by molar-refractivity contribution is 5.76. The predicted molar refractivity (Wildman–Crippen MR) is 90.6 cm³/mol. The SMILES string of the molecule is CCCc1ccc(C(C)N(CC(N)=O)Cc2noc(CN)n2)cc1. The van der Waals surface area contributed by atoms with Crippen LogP contribution in [-0.2, 0) is 24.3 Å². The molecular formula is C17H25N5O2. The first-order chi connectivity index (χ1) is 11.5. The molecule has 4 N–H and O–H groups in total. The Bertz CT molecular complexity index is 653. The first-order valence-electron chi connectivity index (χ1n) is 8.16. The predicted octanol–water partition coefficient (Wildman–Crippen LogP) is 1.53. The number of hydrogen-bond donors (Lipinski definition) is 2. The molecule has 0 fully saturated rings. The minimum Gasteiger partial charge on any atom is -0.369 e. The maximum Gasteiger partial charge on any atom is 0.240 e. The molecule has 0 saturated carbocycles. The summed E-state index contributed by atoms with van der Waals surface area (Å²) in [5.74, 6) is 0.471. The zero-order chi connectivity index (χ0) is 17.5. The molecule has 130 valence electrons. The van der Waals surface area contributed by atoms with Crippen molar-refractivity contribution in [1.29, 1.82) is 0 Å². The van der Waals surface area contributed by atoms with Crippen molar-refractivity contribution in [1.82, 2.24) is 15.0 Å². The Kier molecular flexibility index (Phi) is 6.45. The van der Waals surface area contributed by atoms with E-state index in [1.807, 2.05) is 11.8 Å². The van der Waals surface area contributed by atoms with Crippen LogP contribution in [0.15, 0.2) is 28.8 Å². The van der Waals surface area contributed by atoms with E-state index in [1.165, 1.54) is 5.56 Å². The van der Waals surface area contributed by atoms with Gasteiger partial charge in [-0.1, -0.05) is 42.8 Å². The normalized spacial score (nSPS) is 12.5. The van der Waals surface area contributed by atoms with Crippen molar-refractivity contribution in [3.05, 3.63) is 47.1 Å². The molecule has 1 amide bonds. The average molecular weight is 331 g/mol. The highest BCUT2D eigenvalue weighted by Gasteiger charge is 2.20. The standard InChI is InChI=1S/C17H25N5O2/c1-3-4-13-5-7-14(8-6-13)12(2)22(10-15(19)23)11-16-20-17(9-18)24-21-16/h5-8,12H,3-4,9-11,18H2,1-2H3,(H2,19,23). The molecule has 1 unspecified atom stereocenters. The Morgan fingerprint density at radius 3 is 2.58 bits per heavy atom. The zero-order valence-electron chi connectivity index (χ0n) is 14.2. The number of benzene rings is 1. The summed E-state index contributed by atoms with van der Waals surface area (Å²) >= 11 is 0. The number of nitrogens with two attached hydrogens (primary N) is 2. The number of nitrogens with zero attached hydrogens (tertiary/aromatic N) is 3. The van der Waals surface area contributed by atoms with Gasteiger partial charge in [-0.25, -0.2) is 0 Å². The first kappa shape index (κ1) is 18.1. The van der Waals surface area contributed by atoms with E-state index in [4.69, 9.17) is 16.0 Å². The van der Waals surface area contributed by atoms with E-state index >= 15 is 0 Å². The highest BCUT2D eigenvalue weighted by atomic mass is 16.5. The second-order valence-electron chi connectivity index (χ2n) is 5.85. The number of rotatable bonds is 9. The van der Waals surface area contributed by atoms with Crippen LogP contribution in [0.3, 0.4) is 0 Å². The molecule has 24 heavy (non-hydrogen) atoms. The van der Waals surface area contributed by atoms with E-state index < -0.39 is 5.91 Å². The molecule has 1 atom stereocenters. The van der Waals surface area contributed by atoms with Crippen molar-refractivity contribution in [2.24, 2.45) is 11.5 Å². The van der Waals surface area contributed by atoms with Gasteiger partial charge in [0.15, 0.2) is 5.82 Å². The van der Waals surface area contributed by atoms with Gasteiger partial charge in [0, 0.05) is 6.04 Å². The monoisotopic (exact) mass is 331 g/mol. The molecular weight excluding hydrogens is 306 g/mol. The number of carbonyl (C=O) groups is 1. The van der Waals surface area contributed by atoms with E-state index in [0.29, 0.717) is 18.3 Å². The van der Waals surface area contributed by atoms with Crippen molar-refractivity contribution in [2.75, 3.05) is 6.54 Å². The summed E-state index contributed by atoms with van der Waals surface area (Å²) in [4.78, 5) is 17.5. The van der Waals surface area contributed by atoms with Crippen LogP contribution < -0.4 is 11.5 Å².